The van der Waals surface area contributed by atoms with Gasteiger partial charge in [-0.25, -0.2) is 0 Å². The molecule has 2 N–H and O–H groups in total. The minimum absolute atomic E-state index is 0.327. The van der Waals surface area contributed by atoms with Gasteiger partial charge in [0.05, 0.1) is 6.61 Å². The molecule has 19 heavy (non-hydrogen) atoms. The molecule has 0 spiro atoms. The van der Waals surface area contributed by atoms with Gasteiger partial charge < -0.3 is 10.5 Å². The highest BCUT2D eigenvalue weighted by molar-refractivity contribution is 5.25. The number of hydrogen-bond donors (Lipinski definition) is 1. The Hall–Kier alpha value is -0.900. The van der Waals surface area contributed by atoms with Crippen LogP contribution in [0, 0.1) is 0 Å². The molecule has 3 heteroatoms. The molecule has 0 radical (unpaired) electrons. The molecule has 0 aliphatic heterocycles. The van der Waals surface area contributed by atoms with E-state index >= 15 is 0 Å². The second-order valence-corrected chi connectivity index (χ2v) is 4.91. The second-order valence-electron chi connectivity index (χ2n) is 4.91. The smallest absolute Gasteiger partial charge is 0.0713 e. The fraction of sp³-hybridized carbons (Fsp3) is 0.625. The van der Waals surface area contributed by atoms with Crippen LogP contribution in [0.1, 0.15) is 43.9 Å². The van der Waals surface area contributed by atoms with Crippen molar-refractivity contribution in [2.24, 2.45) is 5.73 Å². The highest BCUT2D eigenvalue weighted by Gasteiger charge is 2.16. The van der Waals surface area contributed by atoms with Crippen molar-refractivity contribution in [3.05, 3.63) is 35.4 Å². The number of rotatable bonds is 9. The van der Waals surface area contributed by atoms with Gasteiger partial charge in [-0.15, -0.1) is 0 Å². The molecule has 1 atom stereocenters. The number of methoxy groups -OCH3 is 1. The van der Waals surface area contributed by atoms with Crippen LogP contribution in [0.25, 0.3) is 0 Å². The number of likely N-dealkylation sites (N-methyl/N-ethyl adjacent to an activating group) is 1. The summed E-state index contributed by atoms with van der Waals surface area (Å²) in [6.45, 7) is 7.93. The average Bonchev–Trinajstić information content (AvgIpc) is 2.45. The lowest BCUT2D eigenvalue weighted by atomic mass is 10.0. The van der Waals surface area contributed by atoms with Crippen molar-refractivity contribution in [1.82, 2.24) is 4.90 Å². The quantitative estimate of drug-likeness (QED) is 0.745. The summed E-state index contributed by atoms with van der Waals surface area (Å²) in [6.07, 6.45) is 2.45. The van der Waals surface area contributed by atoms with Gasteiger partial charge >= 0.3 is 0 Å². The zero-order valence-corrected chi connectivity index (χ0v) is 12.6. The average molecular weight is 264 g/mol. The number of ether oxygens (including phenoxy) is 1. The minimum atomic E-state index is 0.327. The lowest BCUT2D eigenvalue weighted by molar-refractivity contribution is 0.184. The van der Waals surface area contributed by atoms with Gasteiger partial charge in [-0.1, -0.05) is 44.5 Å². The predicted molar refractivity (Wildman–Crippen MR) is 81.1 cm³/mol. The van der Waals surface area contributed by atoms with Gasteiger partial charge in [0, 0.05) is 19.7 Å². The van der Waals surface area contributed by atoms with Crippen LogP contribution >= 0.6 is 0 Å². The SMILES string of the molecule is CCCCN(CC)C(CN)c1ccc(COC)cc1. The fourth-order valence-corrected chi connectivity index (χ4v) is 2.39. The van der Waals surface area contributed by atoms with Crippen molar-refractivity contribution in [2.45, 2.75) is 39.3 Å². The van der Waals surface area contributed by atoms with E-state index in [2.05, 4.69) is 43.0 Å². The van der Waals surface area contributed by atoms with Gasteiger partial charge in [0.15, 0.2) is 0 Å². The van der Waals surface area contributed by atoms with Crippen molar-refractivity contribution in [3.8, 4) is 0 Å². The standard InChI is InChI=1S/C16H28N2O/c1-4-6-11-18(5-2)16(12-17)15-9-7-14(8-10-15)13-19-3/h7-10,16H,4-6,11-13,17H2,1-3H3. The third kappa shape index (κ3) is 4.94. The summed E-state index contributed by atoms with van der Waals surface area (Å²) < 4.78 is 5.14. The second kappa shape index (κ2) is 9.08. The molecule has 0 aliphatic carbocycles. The summed E-state index contributed by atoms with van der Waals surface area (Å²) in [7, 11) is 1.72. The number of nitrogens with two attached hydrogens (primary N) is 1. The van der Waals surface area contributed by atoms with Crippen molar-refractivity contribution in [3.63, 3.8) is 0 Å². The molecule has 1 unspecified atom stereocenters. The number of benzene rings is 1. The zero-order valence-electron chi connectivity index (χ0n) is 12.6. The highest BCUT2D eigenvalue weighted by Crippen LogP contribution is 2.20. The molecule has 0 amide bonds. The van der Waals surface area contributed by atoms with E-state index in [-0.39, 0.29) is 0 Å². The molecule has 0 aliphatic rings. The Bertz CT molecular complexity index is 337. The molecule has 0 aromatic heterocycles. The van der Waals surface area contributed by atoms with Gasteiger partial charge in [-0.05, 0) is 30.6 Å². The molecule has 0 heterocycles. The predicted octanol–water partition coefficient (Wildman–Crippen LogP) is 2.95. The summed E-state index contributed by atoms with van der Waals surface area (Å²) in [5.74, 6) is 0. The van der Waals surface area contributed by atoms with Crippen LogP contribution in [0.4, 0.5) is 0 Å². The normalized spacial score (nSPS) is 12.9. The largest absolute Gasteiger partial charge is 0.380 e. The lowest BCUT2D eigenvalue weighted by Gasteiger charge is -2.30. The Labute approximate surface area is 117 Å². The van der Waals surface area contributed by atoms with E-state index in [0.29, 0.717) is 19.2 Å². The van der Waals surface area contributed by atoms with Gasteiger partial charge in [-0.2, -0.15) is 0 Å². The van der Waals surface area contributed by atoms with Crippen molar-refractivity contribution in [1.29, 1.82) is 0 Å². The molecule has 0 bridgehead atoms. The number of hydrogen-bond acceptors (Lipinski definition) is 3. The van der Waals surface area contributed by atoms with Gasteiger partial charge in [0.25, 0.3) is 0 Å². The molecule has 1 aromatic rings. The Morgan fingerprint density at radius 1 is 1.21 bits per heavy atom. The Balaban J connectivity index is 2.76. The van der Waals surface area contributed by atoms with Crippen molar-refractivity contribution < 1.29 is 4.74 Å². The van der Waals surface area contributed by atoms with E-state index < -0.39 is 0 Å². The molecule has 108 valence electrons. The van der Waals surface area contributed by atoms with Crippen LogP contribution in [0.3, 0.4) is 0 Å². The molecule has 3 nitrogen and oxygen atoms in total. The summed E-state index contributed by atoms with van der Waals surface area (Å²) in [4.78, 5) is 2.47. The van der Waals surface area contributed by atoms with Crippen LogP contribution in [0.5, 0.6) is 0 Å². The maximum absolute atomic E-state index is 5.98. The summed E-state index contributed by atoms with van der Waals surface area (Å²) in [5.41, 5.74) is 8.50. The third-order valence-electron chi connectivity index (χ3n) is 3.54. The summed E-state index contributed by atoms with van der Waals surface area (Å²) >= 11 is 0. The van der Waals surface area contributed by atoms with Crippen LogP contribution in [-0.2, 0) is 11.3 Å². The first-order valence-corrected chi connectivity index (χ1v) is 7.28. The van der Waals surface area contributed by atoms with Gasteiger partial charge in [0.2, 0.25) is 0 Å². The van der Waals surface area contributed by atoms with Crippen LogP contribution in [0.15, 0.2) is 24.3 Å². The molecule has 0 fully saturated rings. The molecule has 1 rings (SSSR count). The molecule has 1 aromatic carbocycles. The van der Waals surface area contributed by atoms with Crippen molar-refractivity contribution in [2.75, 3.05) is 26.7 Å². The maximum Gasteiger partial charge on any atom is 0.0713 e. The van der Waals surface area contributed by atoms with Crippen LogP contribution in [-0.4, -0.2) is 31.6 Å². The summed E-state index contributed by atoms with van der Waals surface area (Å²) in [6, 6.07) is 8.96. The van der Waals surface area contributed by atoms with E-state index in [1.807, 2.05) is 0 Å². The lowest BCUT2D eigenvalue weighted by Crippen LogP contribution is -2.34. The first-order valence-electron chi connectivity index (χ1n) is 7.28. The zero-order chi connectivity index (χ0) is 14.1. The minimum Gasteiger partial charge on any atom is -0.380 e. The Kier molecular flexibility index (Phi) is 7.72. The number of unbranched alkanes of at least 4 members (excludes halogenated alkanes) is 1. The Morgan fingerprint density at radius 2 is 1.89 bits per heavy atom. The maximum atomic E-state index is 5.98. The topological polar surface area (TPSA) is 38.5 Å². The van der Waals surface area contributed by atoms with E-state index in [0.717, 1.165) is 13.1 Å². The van der Waals surface area contributed by atoms with E-state index in [1.54, 1.807) is 7.11 Å². The molecular weight excluding hydrogens is 236 g/mol. The Morgan fingerprint density at radius 3 is 2.37 bits per heavy atom. The van der Waals surface area contributed by atoms with Crippen LogP contribution < -0.4 is 5.73 Å². The van der Waals surface area contributed by atoms with Gasteiger partial charge in [-0.3, -0.25) is 4.90 Å². The highest BCUT2D eigenvalue weighted by atomic mass is 16.5. The van der Waals surface area contributed by atoms with Gasteiger partial charge in [0.1, 0.15) is 0 Å². The van der Waals surface area contributed by atoms with E-state index in [4.69, 9.17) is 10.5 Å². The van der Waals surface area contributed by atoms with E-state index in [9.17, 15) is 0 Å². The number of nitrogens with zero attached hydrogens (tertiary/aromatic N) is 1. The third-order valence-corrected chi connectivity index (χ3v) is 3.54. The van der Waals surface area contributed by atoms with Crippen LogP contribution in [0.2, 0.25) is 0 Å². The first-order chi connectivity index (χ1) is 9.26. The molecule has 0 saturated heterocycles. The van der Waals surface area contributed by atoms with Crippen molar-refractivity contribution >= 4 is 0 Å². The molecular formula is C16H28N2O. The first kappa shape index (κ1) is 16.2. The molecule has 0 saturated carbocycles. The summed E-state index contributed by atoms with van der Waals surface area (Å²) in [5, 5.41) is 0. The fourth-order valence-electron chi connectivity index (χ4n) is 2.39. The van der Waals surface area contributed by atoms with E-state index in [1.165, 1.54) is 24.0 Å². The monoisotopic (exact) mass is 264 g/mol.